The predicted molar refractivity (Wildman–Crippen MR) is 226 cm³/mol. The van der Waals surface area contributed by atoms with Gasteiger partial charge in [-0.2, -0.15) is 0 Å². The van der Waals surface area contributed by atoms with E-state index in [1.165, 1.54) is 22.3 Å². The third-order valence-corrected chi connectivity index (χ3v) is 13.9. The fraction of sp³-hybridized carbons (Fsp3) is 0.581. The molecule has 2 aromatic heterocycles. The largest absolute Gasteiger partial charge is 0.497 e. The van der Waals surface area contributed by atoms with Crippen LogP contribution in [0, 0.1) is 17.3 Å². The van der Waals surface area contributed by atoms with Crippen LogP contribution in [-0.2, 0) is 30.4 Å². The molecule has 61 heavy (non-hydrogen) atoms. The van der Waals surface area contributed by atoms with Gasteiger partial charge in [-0.15, -0.1) is 17.9 Å². The van der Waals surface area contributed by atoms with Crippen LogP contribution in [0.15, 0.2) is 42.3 Å². The van der Waals surface area contributed by atoms with Crippen LogP contribution in [0.2, 0.25) is 0 Å². The van der Waals surface area contributed by atoms with E-state index in [0.29, 0.717) is 45.9 Å². The molecule has 7 rings (SSSR count). The molecule has 2 unspecified atom stereocenters. The molecule has 1 aromatic carbocycles. The molecule has 4 heterocycles. The molecule has 0 radical (unpaired) electrons. The smallest absolute Gasteiger partial charge is 0.265 e. The van der Waals surface area contributed by atoms with E-state index in [2.05, 4.69) is 11.9 Å². The fourth-order valence-electron chi connectivity index (χ4n) is 8.37. The zero-order valence-corrected chi connectivity index (χ0v) is 37.0. The zero-order chi connectivity index (χ0) is 44.2. The lowest BCUT2D eigenvalue weighted by Crippen LogP contribution is -2.58. The summed E-state index contributed by atoms with van der Waals surface area (Å²) in [5, 5.41) is 6.16. The number of nitrogens with one attached hydrogen (secondary N) is 1. The predicted octanol–water partition coefficient (Wildman–Crippen LogP) is 6.34. The van der Waals surface area contributed by atoms with Gasteiger partial charge in [0, 0.05) is 60.7 Å². The van der Waals surface area contributed by atoms with E-state index in [0.717, 1.165) is 14.9 Å². The topological polar surface area (TPSA) is 172 Å². The molecule has 18 heteroatoms. The second kappa shape index (κ2) is 17.0. The Morgan fingerprint density at radius 3 is 2.51 bits per heavy atom. The molecule has 2 saturated carbocycles. The van der Waals surface area contributed by atoms with Crippen LogP contribution >= 0.6 is 11.3 Å². The number of halogens is 2. The Hall–Kier alpha value is -4.55. The average Bonchev–Trinajstić information content (AvgIpc) is 4.05. The minimum Gasteiger partial charge on any atom is -0.497 e. The molecule has 14 nitrogen and oxygen atoms in total. The second-order valence-electron chi connectivity index (χ2n) is 18.1. The molecular formula is C43H54F2N6O8S2. The Kier molecular flexibility index (Phi) is 12.4. The van der Waals surface area contributed by atoms with E-state index in [1.54, 1.807) is 46.1 Å². The Morgan fingerprint density at radius 1 is 1.18 bits per heavy atom. The van der Waals surface area contributed by atoms with Gasteiger partial charge in [0.25, 0.3) is 23.1 Å². The maximum Gasteiger partial charge on any atom is 0.265 e. The number of thiazole rings is 1. The van der Waals surface area contributed by atoms with E-state index < -0.39 is 88.3 Å². The first-order valence-corrected chi connectivity index (χ1v) is 22.7. The second-order valence-corrected chi connectivity index (χ2v) is 19.8. The van der Waals surface area contributed by atoms with Gasteiger partial charge in [0.1, 0.15) is 39.9 Å². The van der Waals surface area contributed by atoms with Crippen molar-refractivity contribution in [2.75, 3.05) is 26.7 Å². The summed E-state index contributed by atoms with van der Waals surface area (Å²) in [4.78, 5) is 69.4. The number of carbonyl (C=O) groups is 4. The average molecular weight is 885 g/mol. The van der Waals surface area contributed by atoms with E-state index in [-0.39, 0.29) is 51.1 Å². The number of amides is 4. The summed E-state index contributed by atoms with van der Waals surface area (Å²) in [6.45, 7) is 12.6. The highest BCUT2D eigenvalue weighted by Gasteiger charge is 2.64. The molecule has 4 amide bonds. The van der Waals surface area contributed by atoms with Crippen molar-refractivity contribution >= 4 is 57.1 Å². The third-order valence-electron chi connectivity index (χ3n) is 12.2. The standard InChI is InChI=1S/C43H54F2N6O8S2/c1-8-25-20-43(25,40(55)51(61(56)57)26-10-11-26)48-37(53)34-17-28(21-50(34)39(54)30(41(4,5)6)18-36(52)49-15-9-14-42(44,45)23-49)59-35-19-32(38-47-33(22-60-38)24(2)3)46-31-16-27(58-7)12-13-29(31)35/h8,12-13,16,19,22,24-26,28,30,34H,1,9-11,14-15,17-18,20-21,23H2,2-7H3,(H,48,53)(H,56,57)/t25-,28-,30-,34+,43?/m1/s1. The Bertz CT molecular complexity index is 2240. The Balaban J connectivity index is 1.23. The van der Waals surface area contributed by atoms with Gasteiger partial charge in [0.05, 0.1) is 37.3 Å². The Morgan fingerprint density at radius 2 is 1.92 bits per heavy atom. The number of likely N-dealkylation sites (tertiary alicyclic amines) is 2. The number of hydrogen-bond donors (Lipinski definition) is 2. The van der Waals surface area contributed by atoms with Crippen LogP contribution in [0.5, 0.6) is 11.5 Å². The third kappa shape index (κ3) is 9.31. The van der Waals surface area contributed by atoms with Gasteiger partial charge in [0.2, 0.25) is 17.7 Å². The highest BCUT2D eigenvalue weighted by molar-refractivity contribution is 7.77. The van der Waals surface area contributed by atoms with Gasteiger partial charge in [-0.3, -0.25) is 23.7 Å². The number of pyridine rings is 1. The molecule has 4 fully saturated rings. The summed E-state index contributed by atoms with van der Waals surface area (Å²) >= 11 is -1.19. The number of rotatable bonds is 14. The van der Waals surface area contributed by atoms with Gasteiger partial charge < -0.3 is 24.6 Å². The quantitative estimate of drug-likeness (QED) is 0.138. The summed E-state index contributed by atoms with van der Waals surface area (Å²) in [5.41, 5.74) is -0.376. The van der Waals surface area contributed by atoms with Crippen LogP contribution in [0.4, 0.5) is 8.78 Å². The van der Waals surface area contributed by atoms with Crippen molar-refractivity contribution in [2.45, 2.75) is 115 Å². The molecule has 2 saturated heterocycles. The summed E-state index contributed by atoms with van der Waals surface area (Å²) in [6.07, 6.45) is 1.41. The van der Waals surface area contributed by atoms with Gasteiger partial charge in [-0.1, -0.05) is 40.7 Å². The van der Waals surface area contributed by atoms with E-state index in [1.807, 2.05) is 25.3 Å². The molecule has 3 aromatic rings. The zero-order valence-electron chi connectivity index (χ0n) is 35.3. The molecule has 2 aliphatic carbocycles. The van der Waals surface area contributed by atoms with Crippen LogP contribution in [-0.4, -0.2) is 113 Å². The minimum absolute atomic E-state index is 0.0217. The number of aromatic nitrogens is 2. The number of piperidine rings is 1. The molecule has 2 N–H and O–H groups in total. The van der Waals surface area contributed by atoms with Crippen molar-refractivity contribution in [1.82, 2.24) is 29.4 Å². The molecule has 0 spiro atoms. The summed E-state index contributed by atoms with van der Waals surface area (Å²) in [6, 6.07) is 5.49. The van der Waals surface area contributed by atoms with Crippen LogP contribution in [0.3, 0.4) is 0 Å². The number of carbonyl (C=O) groups excluding carboxylic acids is 4. The van der Waals surface area contributed by atoms with Crippen molar-refractivity contribution in [1.29, 1.82) is 0 Å². The number of benzene rings is 1. The van der Waals surface area contributed by atoms with Crippen LogP contribution in [0.25, 0.3) is 21.6 Å². The molecule has 2 aliphatic heterocycles. The molecule has 6 atom stereocenters. The monoisotopic (exact) mass is 884 g/mol. The van der Waals surface area contributed by atoms with Crippen molar-refractivity contribution in [2.24, 2.45) is 17.3 Å². The lowest BCUT2D eigenvalue weighted by molar-refractivity contribution is -0.151. The van der Waals surface area contributed by atoms with Crippen molar-refractivity contribution in [3.63, 3.8) is 0 Å². The fourth-order valence-corrected chi connectivity index (χ4v) is 10.1. The molecular weight excluding hydrogens is 831 g/mol. The maximum absolute atomic E-state index is 14.9. The van der Waals surface area contributed by atoms with E-state index in [9.17, 15) is 36.7 Å². The first-order chi connectivity index (χ1) is 28.7. The molecule has 4 aliphatic rings. The van der Waals surface area contributed by atoms with E-state index in [4.69, 9.17) is 19.4 Å². The SMILES string of the molecule is C=C[C@@H]1CC1(NC(=O)[C@@H]1C[C@@H](Oc2cc(-c3nc(C(C)C)cs3)nc3cc(OC)ccc23)CN1C(=O)[C@@H](CC(=O)N1CCCC(F)(F)C1)C(C)(C)C)C(=O)N(C1CC1)S(=O)O. The summed E-state index contributed by atoms with van der Waals surface area (Å²) in [7, 11) is 1.55. The Labute approximate surface area is 360 Å². The van der Waals surface area contributed by atoms with Gasteiger partial charge >= 0.3 is 0 Å². The minimum atomic E-state index is -3.03. The number of alkyl halides is 2. The number of hydrogen-bond acceptors (Lipinski definition) is 10. The summed E-state index contributed by atoms with van der Waals surface area (Å²) in [5.74, 6) is -5.92. The normalized spacial score (nSPS) is 24.6. The number of fused-ring (bicyclic) bond motifs is 1. The first kappa shape index (κ1) is 44.5. The highest BCUT2D eigenvalue weighted by atomic mass is 32.2. The first-order valence-electron chi connectivity index (χ1n) is 20.7. The number of nitrogens with zero attached hydrogens (tertiary/aromatic N) is 5. The molecule has 330 valence electrons. The lowest BCUT2D eigenvalue weighted by atomic mass is 9.77. The number of methoxy groups -OCH3 is 1. The van der Waals surface area contributed by atoms with Crippen molar-refractivity contribution < 1.29 is 46.2 Å². The van der Waals surface area contributed by atoms with Gasteiger partial charge in [0.15, 0.2) is 0 Å². The van der Waals surface area contributed by atoms with Crippen LogP contribution < -0.4 is 14.8 Å². The maximum atomic E-state index is 14.9. The number of ether oxygens (including phenoxy) is 2. The lowest BCUT2D eigenvalue weighted by Gasteiger charge is -2.37. The van der Waals surface area contributed by atoms with E-state index >= 15 is 0 Å². The highest BCUT2D eigenvalue weighted by Crippen LogP contribution is 2.48. The van der Waals surface area contributed by atoms with Crippen molar-refractivity contribution in [3.8, 4) is 22.2 Å². The van der Waals surface area contributed by atoms with Gasteiger partial charge in [-0.05, 0) is 49.1 Å². The van der Waals surface area contributed by atoms with Crippen LogP contribution in [0.1, 0.15) is 91.2 Å². The molecule has 0 bridgehead atoms. The summed E-state index contributed by atoms with van der Waals surface area (Å²) < 4.78 is 64.5. The van der Waals surface area contributed by atoms with Crippen molar-refractivity contribution in [3.05, 3.63) is 48.0 Å². The van der Waals surface area contributed by atoms with Gasteiger partial charge in [-0.25, -0.2) is 27.3 Å².